The zero-order valence-electron chi connectivity index (χ0n) is 12.0. The Kier molecular flexibility index (Phi) is 5.13. The van der Waals surface area contributed by atoms with Gasteiger partial charge < -0.3 is 5.32 Å². The second-order valence-electron chi connectivity index (χ2n) is 5.64. The first-order valence-electron chi connectivity index (χ1n) is 7.28. The van der Waals surface area contributed by atoms with Crippen molar-refractivity contribution in [2.75, 3.05) is 6.54 Å². The molecule has 1 unspecified atom stereocenters. The summed E-state index contributed by atoms with van der Waals surface area (Å²) in [4.78, 5) is 2.52. The molecule has 1 aromatic rings. The maximum Gasteiger partial charge on any atom is 0.391 e. The van der Waals surface area contributed by atoms with Crippen LogP contribution in [0.5, 0.6) is 0 Å². The fourth-order valence-corrected chi connectivity index (χ4v) is 4.17. The number of nitrogens with one attached hydrogen (secondary N) is 1. The van der Waals surface area contributed by atoms with Crippen molar-refractivity contribution in [2.45, 2.75) is 51.7 Å². The van der Waals surface area contributed by atoms with Gasteiger partial charge in [0.25, 0.3) is 0 Å². The van der Waals surface area contributed by atoms with Crippen LogP contribution >= 0.6 is 11.3 Å². The van der Waals surface area contributed by atoms with Crippen LogP contribution in [0.2, 0.25) is 0 Å². The van der Waals surface area contributed by atoms with E-state index in [0.29, 0.717) is 18.8 Å². The van der Waals surface area contributed by atoms with Crippen LogP contribution < -0.4 is 5.32 Å². The van der Waals surface area contributed by atoms with Crippen LogP contribution in [0, 0.1) is 18.8 Å². The molecule has 0 spiro atoms. The van der Waals surface area contributed by atoms with Crippen molar-refractivity contribution in [2.24, 2.45) is 11.8 Å². The minimum absolute atomic E-state index is 0.216. The summed E-state index contributed by atoms with van der Waals surface area (Å²) in [5.74, 6) is -0.766. The van der Waals surface area contributed by atoms with Crippen molar-refractivity contribution >= 4 is 11.3 Å². The Bertz CT molecular complexity index is 419. The van der Waals surface area contributed by atoms with Crippen molar-refractivity contribution in [3.8, 4) is 0 Å². The highest BCUT2D eigenvalue weighted by Gasteiger charge is 2.42. The van der Waals surface area contributed by atoms with E-state index >= 15 is 0 Å². The lowest BCUT2D eigenvalue weighted by Gasteiger charge is -2.34. The number of alkyl halides is 3. The second kappa shape index (κ2) is 6.48. The average molecular weight is 305 g/mol. The number of thiophene rings is 1. The number of hydrogen-bond acceptors (Lipinski definition) is 2. The Hall–Kier alpha value is -0.550. The monoisotopic (exact) mass is 305 g/mol. The largest absolute Gasteiger partial charge is 0.391 e. The van der Waals surface area contributed by atoms with Gasteiger partial charge in [-0.15, -0.1) is 11.3 Å². The van der Waals surface area contributed by atoms with Gasteiger partial charge in [-0.05, 0) is 57.2 Å². The summed E-state index contributed by atoms with van der Waals surface area (Å²) in [6.07, 6.45) is -2.13. The minimum Gasteiger partial charge on any atom is -0.309 e. The first-order valence-corrected chi connectivity index (χ1v) is 8.10. The van der Waals surface area contributed by atoms with Gasteiger partial charge in [-0.25, -0.2) is 0 Å². The lowest BCUT2D eigenvalue weighted by atomic mass is 9.78. The van der Waals surface area contributed by atoms with Gasteiger partial charge in [0.15, 0.2) is 0 Å². The maximum atomic E-state index is 12.7. The van der Waals surface area contributed by atoms with E-state index < -0.39 is 12.1 Å². The number of rotatable bonds is 4. The SMILES string of the molecule is CCNC(c1ccc(C)s1)C1CCC(C(F)(F)F)CC1. The zero-order chi connectivity index (χ0) is 14.8. The van der Waals surface area contributed by atoms with Gasteiger partial charge in [-0.3, -0.25) is 0 Å². The third kappa shape index (κ3) is 3.76. The van der Waals surface area contributed by atoms with E-state index in [-0.39, 0.29) is 18.9 Å². The van der Waals surface area contributed by atoms with Gasteiger partial charge in [0.2, 0.25) is 0 Å². The molecule has 1 nitrogen and oxygen atoms in total. The molecule has 0 radical (unpaired) electrons. The molecular formula is C15H22F3NS. The predicted molar refractivity (Wildman–Crippen MR) is 77.0 cm³/mol. The molecule has 0 bridgehead atoms. The van der Waals surface area contributed by atoms with E-state index in [1.165, 1.54) is 9.75 Å². The molecule has 5 heteroatoms. The molecule has 1 saturated carbocycles. The Morgan fingerprint density at radius 2 is 1.90 bits per heavy atom. The Morgan fingerprint density at radius 1 is 1.25 bits per heavy atom. The maximum absolute atomic E-state index is 12.7. The molecule has 1 fully saturated rings. The van der Waals surface area contributed by atoms with Gasteiger partial charge >= 0.3 is 6.18 Å². The minimum atomic E-state index is -4.02. The van der Waals surface area contributed by atoms with Crippen molar-refractivity contribution in [3.05, 3.63) is 21.9 Å². The third-order valence-corrected chi connectivity index (χ3v) is 5.28. The quantitative estimate of drug-likeness (QED) is 0.818. The fraction of sp³-hybridized carbons (Fsp3) is 0.733. The summed E-state index contributed by atoms with van der Waals surface area (Å²) in [5.41, 5.74) is 0. The average Bonchev–Trinajstić information content (AvgIpc) is 2.81. The lowest BCUT2D eigenvalue weighted by molar-refractivity contribution is -0.184. The topological polar surface area (TPSA) is 12.0 Å². The van der Waals surface area contributed by atoms with E-state index in [0.717, 1.165) is 6.54 Å². The normalized spacial score (nSPS) is 25.6. The van der Waals surface area contributed by atoms with Crippen molar-refractivity contribution in [1.82, 2.24) is 5.32 Å². The van der Waals surface area contributed by atoms with Crippen LogP contribution in [-0.2, 0) is 0 Å². The summed E-state index contributed by atoms with van der Waals surface area (Å²) in [5, 5.41) is 3.46. The summed E-state index contributed by atoms with van der Waals surface area (Å²) in [6.45, 7) is 4.97. The highest BCUT2D eigenvalue weighted by Crippen LogP contribution is 2.44. The van der Waals surface area contributed by atoms with Crippen LogP contribution in [0.25, 0.3) is 0 Å². The molecule has 0 aliphatic heterocycles. The molecule has 2 rings (SSSR count). The van der Waals surface area contributed by atoms with Gasteiger partial charge in [0.05, 0.1) is 5.92 Å². The number of hydrogen-bond donors (Lipinski definition) is 1. The molecular weight excluding hydrogens is 283 g/mol. The molecule has 0 amide bonds. The zero-order valence-corrected chi connectivity index (χ0v) is 12.8. The molecule has 1 N–H and O–H groups in total. The van der Waals surface area contributed by atoms with Crippen LogP contribution in [0.1, 0.15) is 48.4 Å². The summed E-state index contributed by atoms with van der Waals surface area (Å²) < 4.78 is 38.2. The number of halogens is 3. The first kappa shape index (κ1) is 15.8. The van der Waals surface area contributed by atoms with Crippen molar-refractivity contribution < 1.29 is 13.2 Å². The van der Waals surface area contributed by atoms with Gasteiger partial charge in [0.1, 0.15) is 0 Å². The molecule has 1 aliphatic carbocycles. The Morgan fingerprint density at radius 3 is 2.35 bits per heavy atom. The molecule has 114 valence electrons. The van der Waals surface area contributed by atoms with E-state index in [2.05, 4.69) is 31.3 Å². The molecule has 1 aliphatic rings. The summed E-state index contributed by atoms with van der Waals surface area (Å²) >= 11 is 1.75. The first-order chi connectivity index (χ1) is 9.41. The van der Waals surface area contributed by atoms with Crippen LogP contribution in [0.3, 0.4) is 0 Å². The van der Waals surface area contributed by atoms with Crippen LogP contribution in [0.4, 0.5) is 13.2 Å². The van der Waals surface area contributed by atoms with E-state index in [4.69, 9.17) is 0 Å². The summed E-state index contributed by atoms with van der Waals surface area (Å²) in [6, 6.07) is 4.42. The molecule has 1 heterocycles. The molecule has 0 saturated heterocycles. The smallest absolute Gasteiger partial charge is 0.309 e. The Labute approximate surface area is 122 Å². The van der Waals surface area contributed by atoms with Crippen molar-refractivity contribution in [3.63, 3.8) is 0 Å². The van der Waals surface area contributed by atoms with Gasteiger partial charge in [0, 0.05) is 15.8 Å². The van der Waals surface area contributed by atoms with E-state index in [9.17, 15) is 13.2 Å². The highest BCUT2D eigenvalue weighted by molar-refractivity contribution is 7.12. The van der Waals surface area contributed by atoms with Crippen LogP contribution in [-0.4, -0.2) is 12.7 Å². The molecule has 0 aromatic carbocycles. The second-order valence-corrected chi connectivity index (χ2v) is 6.96. The van der Waals surface area contributed by atoms with E-state index in [1.54, 1.807) is 11.3 Å². The lowest BCUT2D eigenvalue weighted by Crippen LogP contribution is -2.34. The summed E-state index contributed by atoms with van der Waals surface area (Å²) in [7, 11) is 0. The third-order valence-electron chi connectivity index (χ3n) is 4.20. The standard InChI is InChI=1S/C15H22F3NS/c1-3-19-14(13-9-4-10(2)20-13)11-5-7-12(8-6-11)15(16,17)18/h4,9,11-12,14,19H,3,5-8H2,1-2H3. The van der Waals surface area contributed by atoms with Gasteiger partial charge in [-0.2, -0.15) is 13.2 Å². The Balaban J connectivity index is 2.02. The molecule has 20 heavy (non-hydrogen) atoms. The van der Waals surface area contributed by atoms with Crippen molar-refractivity contribution in [1.29, 1.82) is 0 Å². The number of aryl methyl sites for hydroxylation is 1. The molecule has 1 aromatic heterocycles. The van der Waals surface area contributed by atoms with Gasteiger partial charge in [-0.1, -0.05) is 6.92 Å². The fourth-order valence-electron chi connectivity index (χ4n) is 3.12. The predicted octanol–water partition coefficient (Wildman–Crippen LogP) is 5.08. The van der Waals surface area contributed by atoms with E-state index in [1.807, 2.05) is 0 Å². The highest BCUT2D eigenvalue weighted by atomic mass is 32.1. The van der Waals surface area contributed by atoms with Crippen LogP contribution in [0.15, 0.2) is 12.1 Å². The molecule has 1 atom stereocenters.